The van der Waals surface area contributed by atoms with Gasteiger partial charge in [0.2, 0.25) is 5.90 Å². The van der Waals surface area contributed by atoms with Crippen molar-refractivity contribution in [2.24, 2.45) is 5.10 Å². The highest BCUT2D eigenvalue weighted by Crippen LogP contribution is 2.07. The second kappa shape index (κ2) is 7.12. The largest absolute Gasteiger partial charge is 0.509 e. The highest BCUT2D eigenvalue weighted by Gasteiger charge is 2.18. The highest BCUT2D eigenvalue weighted by molar-refractivity contribution is 7.11. The van der Waals surface area contributed by atoms with Gasteiger partial charge in [0.1, 0.15) is 0 Å². The predicted molar refractivity (Wildman–Crippen MR) is 85.4 cm³/mol. The average Bonchev–Trinajstić information content (AvgIpc) is 2.48. The first-order chi connectivity index (χ1) is 9.66. The van der Waals surface area contributed by atoms with E-state index in [4.69, 9.17) is 15.5 Å². The zero-order valence-corrected chi connectivity index (χ0v) is 13.2. The van der Waals surface area contributed by atoms with Crippen molar-refractivity contribution in [2.75, 3.05) is 14.1 Å². The Bertz CT molecular complexity index is 561. The summed E-state index contributed by atoms with van der Waals surface area (Å²) in [5, 5.41) is 7.09. The minimum atomic E-state index is -1.64. The third-order valence-electron chi connectivity index (χ3n) is 2.50. The van der Waals surface area contributed by atoms with E-state index in [1.54, 1.807) is 5.01 Å². The number of halogens is 1. The molecule has 103 valence electrons. The molecule has 0 aliphatic heterocycles. The van der Waals surface area contributed by atoms with E-state index in [1.165, 1.54) is 0 Å². The van der Waals surface area contributed by atoms with Crippen LogP contribution in [-0.2, 0) is 4.43 Å². The van der Waals surface area contributed by atoms with Gasteiger partial charge in [-0.25, -0.2) is 0 Å². The van der Waals surface area contributed by atoms with Crippen molar-refractivity contribution < 1.29 is 4.43 Å². The molecule has 0 N–H and O–H groups in total. The second-order valence-corrected chi connectivity index (χ2v) is 6.72. The quantitative estimate of drug-likeness (QED) is 0.285. The Morgan fingerprint density at radius 3 is 2.10 bits per heavy atom. The van der Waals surface area contributed by atoms with Crippen LogP contribution in [0.3, 0.4) is 0 Å². The first-order valence-corrected chi connectivity index (χ1v) is 8.66. The molecule has 0 amide bonds. The van der Waals surface area contributed by atoms with Crippen LogP contribution in [0, 0.1) is 0 Å². The maximum absolute atomic E-state index is 6.41. The van der Waals surface area contributed by atoms with Crippen LogP contribution in [0.2, 0.25) is 0 Å². The van der Waals surface area contributed by atoms with Gasteiger partial charge >= 0.3 is 8.35 Å². The minimum absolute atomic E-state index is 0.545. The summed E-state index contributed by atoms with van der Waals surface area (Å²) in [5.41, 5.74) is 0.917. The average molecular weight is 304 g/mol. The molecule has 0 unspecified atom stereocenters. The van der Waals surface area contributed by atoms with Gasteiger partial charge in [0.15, 0.2) is 0 Å². The summed E-state index contributed by atoms with van der Waals surface area (Å²) in [6, 6.07) is 19.6. The van der Waals surface area contributed by atoms with Crippen LogP contribution in [0.5, 0.6) is 0 Å². The van der Waals surface area contributed by atoms with Crippen molar-refractivity contribution >= 4 is 30.5 Å². The Hall–Kier alpha value is -1.78. The molecule has 0 atom stereocenters. The molecule has 2 aromatic rings. The monoisotopic (exact) mass is 303 g/mol. The van der Waals surface area contributed by atoms with Gasteiger partial charge in [-0.05, 0) is 17.3 Å². The maximum Gasteiger partial charge on any atom is 0.431 e. The fourth-order valence-electron chi connectivity index (χ4n) is 1.61. The molecule has 0 bridgehead atoms. The van der Waals surface area contributed by atoms with E-state index in [0.717, 1.165) is 10.8 Å². The molecule has 0 saturated heterocycles. The highest BCUT2D eigenvalue weighted by atomic mass is 35.6. The predicted octanol–water partition coefficient (Wildman–Crippen LogP) is 2.56. The Labute approximate surface area is 125 Å². The van der Waals surface area contributed by atoms with E-state index in [9.17, 15) is 0 Å². The molecular formula is C15H16ClN2OSi. The molecule has 0 aliphatic rings. The van der Waals surface area contributed by atoms with Gasteiger partial charge in [0.25, 0.3) is 0 Å². The van der Waals surface area contributed by atoms with E-state index in [0.29, 0.717) is 5.90 Å². The Morgan fingerprint density at radius 1 is 1.00 bits per heavy atom. The summed E-state index contributed by atoms with van der Waals surface area (Å²) >= 11 is 6.41. The molecule has 0 fully saturated rings. The second-order valence-electron chi connectivity index (χ2n) is 4.36. The van der Waals surface area contributed by atoms with Crippen molar-refractivity contribution in [1.29, 1.82) is 0 Å². The summed E-state index contributed by atoms with van der Waals surface area (Å²) < 4.78 is 5.91. The van der Waals surface area contributed by atoms with E-state index >= 15 is 0 Å². The molecule has 2 aromatic carbocycles. The van der Waals surface area contributed by atoms with Crippen LogP contribution in [0.25, 0.3) is 0 Å². The number of nitrogens with zero attached hydrogens (tertiary/aromatic N) is 2. The molecule has 20 heavy (non-hydrogen) atoms. The summed E-state index contributed by atoms with van der Waals surface area (Å²) in [4.78, 5) is 0. The van der Waals surface area contributed by atoms with Gasteiger partial charge in [-0.1, -0.05) is 48.5 Å². The number of benzene rings is 2. The number of hydrogen-bond acceptors (Lipinski definition) is 3. The number of hydrazone groups is 1. The molecule has 0 aliphatic carbocycles. The standard InChI is InChI=1S/C15H16ClN2OSi/c1-18(2)17-15(13-9-5-3-6-10-13)19-20(16)14-11-7-4-8-12-14/h3-12H,1-2H3/b17-15+. The third-order valence-corrected chi connectivity index (χ3v) is 4.54. The first-order valence-electron chi connectivity index (χ1n) is 6.24. The molecule has 3 nitrogen and oxygen atoms in total. The summed E-state index contributed by atoms with van der Waals surface area (Å²) in [6.07, 6.45) is 0. The minimum Gasteiger partial charge on any atom is -0.509 e. The van der Waals surface area contributed by atoms with Crippen molar-refractivity contribution in [3.05, 3.63) is 66.2 Å². The molecule has 0 aromatic heterocycles. The van der Waals surface area contributed by atoms with Crippen molar-refractivity contribution in [1.82, 2.24) is 5.01 Å². The molecule has 1 radical (unpaired) electrons. The molecule has 2 rings (SSSR count). The van der Waals surface area contributed by atoms with Gasteiger partial charge in [-0.3, -0.25) is 5.01 Å². The van der Waals surface area contributed by atoms with Crippen LogP contribution in [-0.4, -0.2) is 33.4 Å². The van der Waals surface area contributed by atoms with Crippen molar-refractivity contribution in [3.63, 3.8) is 0 Å². The van der Waals surface area contributed by atoms with Crippen LogP contribution in [0.4, 0.5) is 0 Å². The lowest BCUT2D eigenvalue weighted by Gasteiger charge is -2.15. The molecule has 0 heterocycles. The van der Waals surface area contributed by atoms with Crippen molar-refractivity contribution in [3.8, 4) is 0 Å². The van der Waals surface area contributed by atoms with Gasteiger partial charge in [0, 0.05) is 19.7 Å². The molecular weight excluding hydrogens is 288 g/mol. The lowest BCUT2D eigenvalue weighted by molar-refractivity contribution is 0.418. The van der Waals surface area contributed by atoms with E-state index in [1.807, 2.05) is 74.8 Å². The van der Waals surface area contributed by atoms with E-state index in [-0.39, 0.29) is 0 Å². The zero-order valence-electron chi connectivity index (χ0n) is 11.5. The topological polar surface area (TPSA) is 24.8 Å². The molecule has 5 heteroatoms. The summed E-state index contributed by atoms with van der Waals surface area (Å²) in [5.74, 6) is 0.545. The van der Waals surface area contributed by atoms with Gasteiger partial charge in [0.05, 0.1) is 0 Å². The fraction of sp³-hybridized carbons (Fsp3) is 0.133. The van der Waals surface area contributed by atoms with Crippen molar-refractivity contribution in [2.45, 2.75) is 0 Å². The smallest absolute Gasteiger partial charge is 0.431 e. The van der Waals surface area contributed by atoms with Crippen LogP contribution < -0.4 is 5.19 Å². The molecule has 0 saturated carbocycles. The lowest BCUT2D eigenvalue weighted by Crippen LogP contribution is -2.31. The SMILES string of the molecule is CN(C)/N=C(/O[Si](Cl)c1ccccc1)c1ccccc1. The van der Waals surface area contributed by atoms with Gasteiger partial charge in [-0.2, -0.15) is 0 Å². The van der Waals surface area contributed by atoms with Gasteiger partial charge < -0.3 is 4.43 Å². The summed E-state index contributed by atoms with van der Waals surface area (Å²) in [7, 11) is 2.07. The van der Waals surface area contributed by atoms with Crippen LogP contribution >= 0.6 is 11.1 Å². The normalized spacial score (nSPS) is 11.5. The number of hydrogen-bond donors (Lipinski definition) is 0. The Kier molecular flexibility index (Phi) is 5.21. The zero-order chi connectivity index (χ0) is 14.4. The molecule has 0 spiro atoms. The van der Waals surface area contributed by atoms with Gasteiger partial charge in [-0.15, -0.1) is 16.2 Å². The Balaban J connectivity index is 2.22. The Morgan fingerprint density at radius 2 is 1.55 bits per heavy atom. The van der Waals surface area contributed by atoms with E-state index < -0.39 is 8.35 Å². The third kappa shape index (κ3) is 4.11. The van der Waals surface area contributed by atoms with Crippen LogP contribution in [0.1, 0.15) is 5.56 Å². The van der Waals surface area contributed by atoms with Crippen LogP contribution in [0.15, 0.2) is 65.8 Å². The van der Waals surface area contributed by atoms with E-state index in [2.05, 4.69) is 5.10 Å². The first kappa shape index (κ1) is 14.6. The lowest BCUT2D eigenvalue weighted by atomic mass is 10.2. The summed E-state index contributed by atoms with van der Waals surface area (Å²) in [6.45, 7) is 0. The maximum atomic E-state index is 6.41. The number of rotatable bonds is 4. The fourth-order valence-corrected chi connectivity index (χ4v) is 3.11.